The highest BCUT2D eigenvalue weighted by molar-refractivity contribution is 7.92. The van der Waals surface area contributed by atoms with E-state index in [4.69, 9.17) is 21.1 Å². The smallest absolute Gasteiger partial charge is 0.262 e. The second-order valence-electron chi connectivity index (χ2n) is 5.49. The van der Waals surface area contributed by atoms with Crippen molar-refractivity contribution in [2.24, 2.45) is 0 Å². The Hall–Kier alpha value is -1.92. The molecule has 0 spiro atoms. The van der Waals surface area contributed by atoms with Crippen molar-refractivity contribution in [2.45, 2.75) is 25.7 Å². The molecule has 5 nitrogen and oxygen atoms in total. The minimum absolute atomic E-state index is 0.224. The van der Waals surface area contributed by atoms with Crippen LogP contribution in [0.25, 0.3) is 0 Å². The van der Waals surface area contributed by atoms with E-state index in [2.05, 4.69) is 4.72 Å². The quantitative estimate of drug-likeness (QED) is 0.862. The van der Waals surface area contributed by atoms with Gasteiger partial charge in [0.1, 0.15) is 11.5 Å². The van der Waals surface area contributed by atoms with Crippen LogP contribution in [0.3, 0.4) is 0 Å². The van der Waals surface area contributed by atoms with E-state index >= 15 is 0 Å². The molecule has 2 aromatic carbocycles. The minimum atomic E-state index is -3.78. The van der Waals surface area contributed by atoms with E-state index in [1.54, 1.807) is 13.0 Å². The molecule has 0 saturated carbocycles. The van der Waals surface area contributed by atoms with Crippen LogP contribution in [0.4, 0.5) is 5.69 Å². The SMILES string of the molecule is COc1cc(NS(=O)(=O)c2cc(C)c(C)cc2C)c(OC)cc1Cl. The number of hydrogen-bond acceptors (Lipinski definition) is 4. The Morgan fingerprint density at radius 1 is 0.875 bits per heavy atom. The van der Waals surface area contributed by atoms with Crippen molar-refractivity contribution in [2.75, 3.05) is 18.9 Å². The molecule has 0 bridgehead atoms. The van der Waals surface area contributed by atoms with Crippen molar-refractivity contribution in [3.05, 3.63) is 46.0 Å². The maximum absolute atomic E-state index is 12.8. The lowest BCUT2D eigenvalue weighted by Crippen LogP contribution is -2.15. The predicted octanol–water partition coefficient (Wildman–Crippen LogP) is 4.08. The summed E-state index contributed by atoms with van der Waals surface area (Å²) < 4.78 is 38.5. The third-order valence-corrected chi connectivity index (χ3v) is 5.60. The molecule has 0 heterocycles. The number of rotatable bonds is 5. The van der Waals surface area contributed by atoms with E-state index in [-0.39, 0.29) is 10.6 Å². The fourth-order valence-corrected chi connectivity index (χ4v) is 3.97. The van der Waals surface area contributed by atoms with Gasteiger partial charge in [-0.05, 0) is 43.5 Å². The number of halogens is 1. The number of ether oxygens (including phenoxy) is 2. The molecule has 0 amide bonds. The van der Waals surface area contributed by atoms with Gasteiger partial charge in [0.25, 0.3) is 10.0 Å². The zero-order valence-corrected chi connectivity index (χ0v) is 15.8. The molecule has 0 atom stereocenters. The van der Waals surface area contributed by atoms with E-state index in [1.807, 2.05) is 19.9 Å². The first kappa shape index (κ1) is 18.4. The van der Waals surface area contributed by atoms with Crippen LogP contribution in [-0.2, 0) is 10.0 Å². The summed E-state index contributed by atoms with van der Waals surface area (Å²) in [4.78, 5) is 0.224. The van der Waals surface area contributed by atoms with Gasteiger partial charge in [-0.25, -0.2) is 8.42 Å². The van der Waals surface area contributed by atoms with E-state index in [0.717, 1.165) is 11.1 Å². The minimum Gasteiger partial charge on any atom is -0.495 e. The van der Waals surface area contributed by atoms with Crippen molar-refractivity contribution >= 4 is 27.3 Å². The molecule has 0 radical (unpaired) electrons. The molecule has 0 unspecified atom stereocenters. The Balaban J connectivity index is 2.52. The standard InChI is InChI=1S/C17H20ClNO4S/c1-10-6-12(3)17(7-11(10)2)24(20,21)19-14-9-15(22-4)13(18)8-16(14)23-5/h6-9,19H,1-5H3. The maximum Gasteiger partial charge on any atom is 0.262 e. The number of hydrogen-bond donors (Lipinski definition) is 1. The van der Waals surface area contributed by atoms with Crippen LogP contribution in [0.15, 0.2) is 29.2 Å². The zero-order valence-electron chi connectivity index (χ0n) is 14.2. The van der Waals surface area contributed by atoms with Gasteiger partial charge in [0.05, 0.1) is 29.8 Å². The molecule has 0 saturated heterocycles. The molecule has 2 aromatic rings. The lowest BCUT2D eigenvalue weighted by molar-refractivity contribution is 0.405. The van der Waals surface area contributed by atoms with Crippen molar-refractivity contribution in [3.8, 4) is 11.5 Å². The summed E-state index contributed by atoms with van der Waals surface area (Å²) in [5.41, 5.74) is 2.88. The molecule has 0 aromatic heterocycles. The lowest BCUT2D eigenvalue weighted by Gasteiger charge is -2.16. The second kappa shape index (κ2) is 6.91. The summed E-state index contributed by atoms with van der Waals surface area (Å²) in [7, 11) is -0.883. The molecular formula is C17H20ClNO4S. The van der Waals surface area contributed by atoms with E-state index in [0.29, 0.717) is 22.1 Å². The Kier molecular flexibility index (Phi) is 5.30. The van der Waals surface area contributed by atoms with E-state index in [9.17, 15) is 8.42 Å². The third-order valence-electron chi connectivity index (χ3n) is 3.80. The van der Waals surface area contributed by atoms with Crippen molar-refractivity contribution in [3.63, 3.8) is 0 Å². The largest absolute Gasteiger partial charge is 0.495 e. The highest BCUT2D eigenvalue weighted by Crippen LogP contribution is 2.37. The van der Waals surface area contributed by atoms with E-state index in [1.165, 1.54) is 26.4 Å². The first-order valence-corrected chi connectivity index (χ1v) is 9.08. The number of benzene rings is 2. The normalized spacial score (nSPS) is 11.2. The van der Waals surface area contributed by atoms with Crippen molar-refractivity contribution < 1.29 is 17.9 Å². The molecular weight excluding hydrogens is 350 g/mol. The average molecular weight is 370 g/mol. The Morgan fingerprint density at radius 3 is 2.04 bits per heavy atom. The molecule has 0 aliphatic rings. The molecule has 7 heteroatoms. The monoisotopic (exact) mass is 369 g/mol. The van der Waals surface area contributed by atoms with Gasteiger partial charge in [-0.2, -0.15) is 0 Å². The molecule has 1 N–H and O–H groups in total. The fourth-order valence-electron chi connectivity index (χ4n) is 2.36. The Labute approximate surface area is 147 Å². The lowest BCUT2D eigenvalue weighted by atomic mass is 10.1. The maximum atomic E-state index is 12.8. The molecule has 24 heavy (non-hydrogen) atoms. The van der Waals surface area contributed by atoms with Crippen LogP contribution in [-0.4, -0.2) is 22.6 Å². The highest BCUT2D eigenvalue weighted by atomic mass is 35.5. The number of aryl methyl sites for hydroxylation is 3. The van der Waals surface area contributed by atoms with Crippen LogP contribution < -0.4 is 14.2 Å². The summed E-state index contributed by atoms with van der Waals surface area (Å²) in [6, 6.07) is 6.51. The van der Waals surface area contributed by atoms with Crippen LogP contribution in [0.2, 0.25) is 5.02 Å². The van der Waals surface area contributed by atoms with Gasteiger partial charge in [-0.1, -0.05) is 17.7 Å². The second-order valence-corrected chi connectivity index (χ2v) is 7.55. The van der Waals surface area contributed by atoms with E-state index < -0.39 is 10.0 Å². The highest BCUT2D eigenvalue weighted by Gasteiger charge is 2.21. The molecule has 0 aliphatic heterocycles. The number of nitrogens with one attached hydrogen (secondary N) is 1. The first-order chi connectivity index (χ1) is 11.2. The molecule has 0 fully saturated rings. The van der Waals surface area contributed by atoms with Crippen LogP contribution in [0.1, 0.15) is 16.7 Å². The summed E-state index contributed by atoms with van der Waals surface area (Å²) in [6.07, 6.45) is 0. The number of anilines is 1. The van der Waals surface area contributed by atoms with Gasteiger partial charge >= 0.3 is 0 Å². The Bertz CT molecular complexity index is 879. The molecule has 130 valence electrons. The van der Waals surface area contributed by atoms with Gasteiger partial charge in [0, 0.05) is 12.1 Å². The fraction of sp³-hybridized carbons (Fsp3) is 0.294. The van der Waals surface area contributed by atoms with Gasteiger partial charge < -0.3 is 9.47 Å². The zero-order chi connectivity index (χ0) is 18.1. The van der Waals surface area contributed by atoms with Crippen molar-refractivity contribution in [1.29, 1.82) is 0 Å². The summed E-state index contributed by atoms with van der Waals surface area (Å²) >= 11 is 6.05. The topological polar surface area (TPSA) is 64.6 Å². The average Bonchev–Trinajstić information content (AvgIpc) is 2.51. The first-order valence-electron chi connectivity index (χ1n) is 7.21. The number of sulfonamides is 1. The van der Waals surface area contributed by atoms with Crippen LogP contribution in [0.5, 0.6) is 11.5 Å². The summed E-state index contributed by atoms with van der Waals surface area (Å²) in [5, 5.41) is 0.333. The Morgan fingerprint density at radius 2 is 1.46 bits per heavy atom. The van der Waals surface area contributed by atoms with Crippen molar-refractivity contribution in [1.82, 2.24) is 0 Å². The summed E-state index contributed by atoms with van der Waals surface area (Å²) in [6.45, 7) is 5.58. The van der Waals surface area contributed by atoms with Crippen LogP contribution >= 0.6 is 11.6 Å². The van der Waals surface area contributed by atoms with Gasteiger partial charge in [0.2, 0.25) is 0 Å². The van der Waals surface area contributed by atoms with Gasteiger partial charge in [-0.3, -0.25) is 4.72 Å². The molecule has 2 rings (SSSR count). The third kappa shape index (κ3) is 3.60. The predicted molar refractivity (Wildman–Crippen MR) is 96.0 cm³/mol. The molecule has 0 aliphatic carbocycles. The van der Waals surface area contributed by atoms with Gasteiger partial charge in [-0.15, -0.1) is 0 Å². The number of methoxy groups -OCH3 is 2. The summed E-state index contributed by atoms with van der Waals surface area (Å²) in [5.74, 6) is 0.665. The van der Waals surface area contributed by atoms with Crippen LogP contribution in [0, 0.1) is 20.8 Å². The van der Waals surface area contributed by atoms with Gasteiger partial charge in [0.15, 0.2) is 0 Å².